The number of aliphatic carboxylic acids is 1. The van der Waals surface area contributed by atoms with Gasteiger partial charge in [-0.05, 0) is 35.6 Å². The number of benzene rings is 1. The number of alkyl halides is 2. The topological polar surface area (TPSA) is 66.8 Å². The fourth-order valence-electron chi connectivity index (χ4n) is 3.19. The molecule has 0 unspecified atom stereocenters. The second kappa shape index (κ2) is 11.4. The van der Waals surface area contributed by atoms with E-state index in [4.69, 9.17) is 27.9 Å². The van der Waals surface area contributed by atoms with Crippen molar-refractivity contribution in [3.8, 4) is 5.75 Å². The van der Waals surface area contributed by atoms with Crippen LogP contribution < -0.4 is 4.74 Å². The molecule has 0 saturated carbocycles. The van der Waals surface area contributed by atoms with Gasteiger partial charge in [-0.3, -0.25) is 9.59 Å². The maximum absolute atomic E-state index is 12.7. The molecule has 1 aromatic carbocycles. The van der Waals surface area contributed by atoms with Gasteiger partial charge in [-0.15, -0.1) is 23.2 Å². The van der Waals surface area contributed by atoms with Crippen LogP contribution in [0.4, 0.5) is 0 Å². The summed E-state index contributed by atoms with van der Waals surface area (Å²) in [5.41, 5.74) is 2.78. The van der Waals surface area contributed by atoms with Gasteiger partial charge in [0.25, 0.3) is 0 Å². The van der Waals surface area contributed by atoms with Crippen molar-refractivity contribution in [2.45, 2.75) is 45.4 Å². The first-order valence-corrected chi connectivity index (χ1v) is 10.1. The number of halogens is 2. The second-order valence-electron chi connectivity index (χ2n) is 6.86. The lowest BCUT2D eigenvalue weighted by Crippen LogP contribution is -2.35. The molecule has 1 aromatic rings. The van der Waals surface area contributed by atoms with Crippen LogP contribution in [0.3, 0.4) is 0 Å². The molecule has 0 aromatic heterocycles. The zero-order chi connectivity index (χ0) is 20.6. The molecule has 0 fully saturated rings. The molecule has 1 atom stereocenters. The summed E-state index contributed by atoms with van der Waals surface area (Å²) in [6, 6.07) is 3.90. The molecule has 0 aliphatic heterocycles. The highest BCUT2D eigenvalue weighted by Gasteiger charge is 2.25. The number of carbonyl (C=O) groups is 2. The molecule has 0 aliphatic rings. The Balaban J connectivity index is 3.25. The van der Waals surface area contributed by atoms with E-state index >= 15 is 0 Å². The molecule has 1 N–H and O–H groups in total. The Hall–Kier alpha value is -1.46. The van der Waals surface area contributed by atoms with E-state index in [1.165, 1.54) is 0 Å². The zero-order valence-electron chi connectivity index (χ0n) is 16.4. The third kappa shape index (κ3) is 6.89. The third-order valence-corrected chi connectivity index (χ3v) is 4.92. The van der Waals surface area contributed by atoms with Crippen LogP contribution in [0.25, 0.3) is 0 Å². The average molecular weight is 418 g/mol. The van der Waals surface area contributed by atoms with Crippen LogP contribution in [-0.2, 0) is 9.59 Å². The van der Waals surface area contributed by atoms with Crippen LogP contribution >= 0.6 is 23.2 Å². The highest BCUT2D eigenvalue weighted by atomic mass is 35.5. The van der Waals surface area contributed by atoms with E-state index in [9.17, 15) is 14.7 Å². The summed E-state index contributed by atoms with van der Waals surface area (Å²) in [7, 11) is 1.62. The lowest BCUT2D eigenvalue weighted by atomic mass is 9.85. The average Bonchev–Trinajstić information content (AvgIpc) is 2.59. The van der Waals surface area contributed by atoms with E-state index in [0.717, 1.165) is 22.4 Å². The number of rotatable bonds is 11. The van der Waals surface area contributed by atoms with Gasteiger partial charge in [-0.1, -0.05) is 19.9 Å². The smallest absolute Gasteiger partial charge is 0.303 e. The molecule has 0 bridgehead atoms. The first kappa shape index (κ1) is 23.6. The Morgan fingerprint density at radius 3 is 2.15 bits per heavy atom. The quantitative estimate of drug-likeness (QED) is 0.542. The SMILES string of the molecule is COc1cc(C)c([C@H](CC(=O)O)CC(=O)N(CCCl)CCCl)cc1C(C)C. The standard InChI is InChI=1S/C20H29Cl2NO4/c1-13(2)16-12-17(14(3)9-18(16)27-4)15(11-20(25)26)10-19(24)23(7-5-21)8-6-22/h9,12-13,15H,5-8,10-11H2,1-4H3,(H,25,26)/t15-/m0/s1. The normalized spacial score (nSPS) is 12.1. The van der Waals surface area contributed by atoms with Gasteiger partial charge in [-0.25, -0.2) is 0 Å². The fourth-order valence-corrected chi connectivity index (χ4v) is 3.60. The number of carbonyl (C=O) groups excluding carboxylic acids is 1. The largest absolute Gasteiger partial charge is 0.496 e. The van der Waals surface area contributed by atoms with Gasteiger partial charge in [0, 0.05) is 37.2 Å². The Bertz CT molecular complexity index is 643. The van der Waals surface area contributed by atoms with Crippen molar-refractivity contribution in [2.75, 3.05) is 32.0 Å². The Labute approximate surface area is 171 Å². The van der Waals surface area contributed by atoms with Gasteiger partial charge in [-0.2, -0.15) is 0 Å². The Morgan fingerprint density at radius 1 is 1.11 bits per heavy atom. The number of nitrogens with zero attached hydrogens (tertiary/aromatic N) is 1. The number of aryl methyl sites for hydroxylation is 1. The number of hydrogen-bond donors (Lipinski definition) is 1. The highest BCUT2D eigenvalue weighted by molar-refractivity contribution is 6.18. The van der Waals surface area contributed by atoms with Crippen LogP contribution in [0.1, 0.15) is 55.2 Å². The molecule has 27 heavy (non-hydrogen) atoms. The number of amides is 1. The van der Waals surface area contributed by atoms with Crippen molar-refractivity contribution in [3.63, 3.8) is 0 Å². The lowest BCUT2D eigenvalue weighted by molar-refractivity contribution is -0.137. The predicted molar refractivity (Wildman–Crippen MR) is 109 cm³/mol. The monoisotopic (exact) mass is 417 g/mol. The van der Waals surface area contributed by atoms with Gasteiger partial charge in [0.05, 0.1) is 13.5 Å². The van der Waals surface area contributed by atoms with E-state index in [1.807, 2.05) is 19.1 Å². The van der Waals surface area contributed by atoms with Gasteiger partial charge in [0.15, 0.2) is 0 Å². The molecule has 0 heterocycles. The lowest BCUT2D eigenvalue weighted by Gasteiger charge is -2.25. The highest BCUT2D eigenvalue weighted by Crippen LogP contribution is 2.35. The Kier molecular flexibility index (Phi) is 9.95. The molecule has 0 radical (unpaired) electrons. The van der Waals surface area contributed by atoms with Gasteiger partial charge in [0.2, 0.25) is 5.91 Å². The molecule has 7 heteroatoms. The van der Waals surface area contributed by atoms with Crippen molar-refractivity contribution in [1.29, 1.82) is 0 Å². The second-order valence-corrected chi connectivity index (χ2v) is 7.62. The minimum atomic E-state index is -0.935. The van der Waals surface area contributed by atoms with Crippen molar-refractivity contribution in [2.24, 2.45) is 0 Å². The third-order valence-electron chi connectivity index (χ3n) is 4.58. The van der Waals surface area contributed by atoms with E-state index in [1.54, 1.807) is 12.0 Å². The van der Waals surface area contributed by atoms with E-state index in [-0.39, 0.29) is 24.7 Å². The maximum Gasteiger partial charge on any atom is 0.303 e. The molecule has 0 spiro atoms. The molecule has 0 aliphatic carbocycles. The summed E-state index contributed by atoms with van der Waals surface area (Å²) < 4.78 is 5.47. The first-order chi connectivity index (χ1) is 12.7. The number of carboxylic acids is 1. The molecule has 1 amide bonds. The van der Waals surface area contributed by atoms with Gasteiger partial charge < -0.3 is 14.7 Å². The molecule has 5 nitrogen and oxygen atoms in total. The number of ether oxygens (including phenoxy) is 1. The van der Waals surface area contributed by atoms with Gasteiger partial charge >= 0.3 is 5.97 Å². The van der Waals surface area contributed by atoms with Crippen molar-refractivity contribution in [1.82, 2.24) is 4.90 Å². The number of carboxylic acid groups (broad SMARTS) is 1. The summed E-state index contributed by atoms with van der Waals surface area (Å²) in [4.78, 5) is 25.8. The molecule has 0 saturated heterocycles. The summed E-state index contributed by atoms with van der Waals surface area (Å²) in [5.74, 6) is 0.115. The molecular weight excluding hydrogens is 389 g/mol. The van der Waals surface area contributed by atoms with E-state index < -0.39 is 11.9 Å². The summed E-state index contributed by atoms with van der Waals surface area (Å²) >= 11 is 11.6. The number of hydrogen-bond acceptors (Lipinski definition) is 3. The maximum atomic E-state index is 12.7. The van der Waals surface area contributed by atoms with Crippen molar-refractivity contribution in [3.05, 3.63) is 28.8 Å². The number of methoxy groups -OCH3 is 1. The Morgan fingerprint density at radius 2 is 1.70 bits per heavy atom. The zero-order valence-corrected chi connectivity index (χ0v) is 17.9. The van der Waals surface area contributed by atoms with Gasteiger partial charge in [0.1, 0.15) is 5.75 Å². The van der Waals surface area contributed by atoms with Crippen LogP contribution in [0.2, 0.25) is 0 Å². The molecule has 1 rings (SSSR count). The van der Waals surface area contributed by atoms with E-state index in [2.05, 4.69) is 13.8 Å². The van der Waals surface area contributed by atoms with E-state index in [0.29, 0.717) is 24.8 Å². The van der Waals surface area contributed by atoms with Crippen molar-refractivity contribution >= 4 is 35.1 Å². The van der Waals surface area contributed by atoms with Crippen LogP contribution in [0, 0.1) is 6.92 Å². The van der Waals surface area contributed by atoms with Crippen molar-refractivity contribution < 1.29 is 19.4 Å². The fraction of sp³-hybridized carbons (Fsp3) is 0.600. The molecular formula is C20H29Cl2NO4. The van der Waals surface area contributed by atoms with Crippen LogP contribution in [0.15, 0.2) is 12.1 Å². The summed E-state index contributed by atoms with van der Waals surface area (Å²) in [6.07, 6.45) is -0.0170. The summed E-state index contributed by atoms with van der Waals surface area (Å²) in [5, 5.41) is 9.38. The predicted octanol–water partition coefficient (Wildman–Crippen LogP) is 4.38. The summed E-state index contributed by atoms with van der Waals surface area (Å²) in [6.45, 7) is 6.81. The minimum Gasteiger partial charge on any atom is -0.496 e. The van der Waals surface area contributed by atoms with Crippen LogP contribution in [0.5, 0.6) is 5.75 Å². The van der Waals surface area contributed by atoms with Crippen LogP contribution in [-0.4, -0.2) is 53.8 Å². The first-order valence-electron chi connectivity index (χ1n) is 9.05. The molecule has 152 valence electrons. The minimum absolute atomic E-state index is 0.102.